The lowest BCUT2D eigenvalue weighted by atomic mass is 10.1. The van der Waals surface area contributed by atoms with E-state index in [0.717, 1.165) is 16.8 Å². The van der Waals surface area contributed by atoms with Gasteiger partial charge in [0.25, 0.3) is 5.91 Å². The number of benzene rings is 2. The van der Waals surface area contributed by atoms with Crippen molar-refractivity contribution in [3.8, 4) is 17.1 Å². The fourth-order valence-corrected chi connectivity index (χ4v) is 3.29. The number of carbonyl (C=O) groups is 1. The lowest BCUT2D eigenvalue weighted by Crippen LogP contribution is -2.36. The van der Waals surface area contributed by atoms with Crippen molar-refractivity contribution in [3.63, 3.8) is 0 Å². The van der Waals surface area contributed by atoms with Crippen molar-refractivity contribution in [2.45, 2.75) is 13.0 Å². The largest absolute Gasteiger partial charge is 0.497 e. The zero-order valence-electron chi connectivity index (χ0n) is 14.9. The molecule has 0 N–H and O–H groups in total. The molecule has 6 heteroatoms. The highest BCUT2D eigenvalue weighted by atomic mass is 35.5. The van der Waals surface area contributed by atoms with Crippen molar-refractivity contribution in [3.05, 3.63) is 76.6 Å². The highest BCUT2D eigenvalue weighted by molar-refractivity contribution is 6.30. The van der Waals surface area contributed by atoms with Crippen molar-refractivity contribution in [2.24, 2.45) is 0 Å². The molecule has 1 amide bonds. The average molecular weight is 380 g/mol. The first-order valence-corrected chi connectivity index (χ1v) is 9.06. The Morgan fingerprint density at radius 2 is 2.00 bits per heavy atom. The molecule has 0 radical (unpaired) electrons. The van der Waals surface area contributed by atoms with Crippen LogP contribution in [-0.4, -0.2) is 34.4 Å². The van der Waals surface area contributed by atoms with Gasteiger partial charge in [0.1, 0.15) is 5.75 Å². The lowest BCUT2D eigenvalue weighted by molar-refractivity contribution is 0.0733. The van der Waals surface area contributed by atoms with Gasteiger partial charge in [-0.1, -0.05) is 17.7 Å². The average Bonchev–Trinajstić information content (AvgIpc) is 2.73. The fraction of sp³-hybridized carbons (Fsp3) is 0.190. The summed E-state index contributed by atoms with van der Waals surface area (Å²) in [5, 5.41) is 0.684. The summed E-state index contributed by atoms with van der Waals surface area (Å²) in [6.45, 7) is 1.13. The first-order valence-electron chi connectivity index (χ1n) is 8.68. The number of fused-ring (bicyclic) bond motifs is 1. The number of halogens is 1. The number of hydrogen-bond donors (Lipinski definition) is 0. The molecule has 3 aromatic rings. The van der Waals surface area contributed by atoms with Gasteiger partial charge >= 0.3 is 0 Å². The smallest absolute Gasteiger partial charge is 0.254 e. The van der Waals surface area contributed by atoms with Crippen LogP contribution in [0.25, 0.3) is 11.4 Å². The lowest BCUT2D eigenvalue weighted by Gasteiger charge is -2.28. The summed E-state index contributed by atoms with van der Waals surface area (Å²) < 4.78 is 5.21. The maximum atomic E-state index is 12.8. The maximum Gasteiger partial charge on any atom is 0.254 e. The van der Waals surface area contributed by atoms with Gasteiger partial charge in [0.2, 0.25) is 0 Å². The van der Waals surface area contributed by atoms with Crippen LogP contribution >= 0.6 is 11.6 Å². The standard InChI is InChI=1S/C21H18ClN3O2/c1-27-18-4-2-3-15(11-18)21(26)25-10-9-19-16(13-25)12-23-20(24-19)14-5-7-17(22)8-6-14/h2-8,11-12H,9-10,13H2,1H3. The zero-order valence-corrected chi connectivity index (χ0v) is 15.6. The molecule has 1 aliphatic rings. The second kappa shape index (κ2) is 7.37. The molecule has 5 nitrogen and oxygen atoms in total. The molecule has 1 aromatic heterocycles. The zero-order chi connectivity index (χ0) is 18.8. The van der Waals surface area contributed by atoms with Gasteiger partial charge in [-0.2, -0.15) is 0 Å². The third kappa shape index (κ3) is 3.64. The van der Waals surface area contributed by atoms with Crippen LogP contribution in [0, 0.1) is 0 Å². The Morgan fingerprint density at radius 3 is 2.78 bits per heavy atom. The van der Waals surface area contributed by atoms with Gasteiger partial charge in [-0.05, 0) is 42.5 Å². The highest BCUT2D eigenvalue weighted by Crippen LogP contribution is 2.24. The van der Waals surface area contributed by atoms with Gasteiger partial charge in [-0.15, -0.1) is 0 Å². The monoisotopic (exact) mass is 379 g/mol. The highest BCUT2D eigenvalue weighted by Gasteiger charge is 2.23. The van der Waals surface area contributed by atoms with Crippen LogP contribution in [0.15, 0.2) is 54.7 Å². The Morgan fingerprint density at radius 1 is 1.19 bits per heavy atom. The summed E-state index contributed by atoms with van der Waals surface area (Å²) in [7, 11) is 1.59. The molecular formula is C21H18ClN3O2. The fourth-order valence-electron chi connectivity index (χ4n) is 3.17. The predicted octanol–water partition coefficient (Wildman–Crippen LogP) is 4.00. The minimum absolute atomic E-state index is 0.0127. The number of aromatic nitrogens is 2. The van der Waals surface area contributed by atoms with Crippen molar-refractivity contribution < 1.29 is 9.53 Å². The molecule has 2 heterocycles. The number of rotatable bonds is 3. The molecule has 0 fully saturated rings. The van der Waals surface area contributed by atoms with Gasteiger partial charge in [-0.25, -0.2) is 9.97 Å². The molecule has 2 aromatic carbocycles. The first-order chi connectivity index (χ1) is 13.1. The third-order valence-corrected chi connectivity index (χ3v) is 4.89. The molecule has 0 bridgehead atoms. The molecule has 0 spiro atoms. The van der Waals surface area contributed by atoms with E-state index >= 15 is 0 Å². The van der Waals surface area contributed by atoms with Crippen molar-refractivity contribution in [1.29, 1.82) is 0 Å². The maximum absolute atomic E-state index is 12.8. The first kappa shape index (κ1) is 17.5. The third-order valence-electron chi connectivity index (χ3n) is 4.64. The van der Waals surface area contributed by atoms with Gasteiger partial charge in [0.05, 0.1) is 12.8 Å². The van der Waals surface area contributed by atoms with E-state index in [4.69, 9.17) is 21.3 Å². The van der Waals surface area contributed by atoms with E-state index < -0.39 is 0 Å². The van der Waals surface area contributed by atoms with Gasteiger partial charge in [0, 0.05) is 47.4 Å². The summed E-state index contributed by atoms with van der Waals surface area (Å²) in [6, 6.07) is 14.7. The van der Waals surface area contributed by atoms with E-state index in [1.165, 1.54) is 0 Å². The van der Waals surface area contributed by atoms with Crippen LogP contribution in [0.2, 0.25) is 5.02 Å². The Kier molecular flexibility index (Phi) is 4.77. The molecule has 136 valence electrons. The van der Waals surface area contributed by atoms with E-state index in [0.29, 0.717) is 41.7 Å². The molecule has 0 saturated heterocycles. The minimum Gasteiger partial charge on any atom is -0.497 e. The summed E-state index contributed by atoms with van der Waals surface area (Å²) in [6.07, 6.45) is 2.52. The molecule has 0 saturated carbocycles. The molecular weight excluding hydrogens is 362 g/mol. The van der Waals surface area contributed by atoms with Crippen LogP contribution in [0.5, 0.6) is 5.75 Å². The second-order valence-electron chi connectivity index (χ2n) is 6.38. The number of carbonyl (C=O) groups excluding carboxylic acids is 1. The number of ether oxygens (including phenoxy) is 1. The Balaban J connectivity index is 1.55. The quantitative estimate of drug-likeness (QED) is 0.690. The number of methoxy groups -OCH3 is 1. The van der Waals surface area contributed by atoms with E-state index in [2.05, 4.69) is 4.98 Å². The molecule has 0 atom stereocenters. The van der Waals surface area contributed by atoms with E-state index in [9.17, 15) is 4.79 Å². The molecule has 0 aliphatic carbocycles. The number of hydrogen-bond acceptors (Lipinski definition) is 4. The second-order valence-corrected chi connectivity index (χ2v) is 6.82. The number of nitrogens with zero attached hydrogens (tertiary/aromatic N) is 3. The Hall–Kier alpha value is -2.92. The van der Waals surface area contributed by atoms with Crippen LogP contribution in [0.4, 0.5) is 0 Å². The van der Waals surface area contributed by atoms with Crippen LogP contribution < -0.4 is 4.74 Å². The Bertz CT molecular complexity index is 989. The minimum atomic E-state index is -0.0127. The van der Waals surface area contributed by atoms with E-state index in [1.54, 1.807) is 19.2 Å². The van der Waals surface area contributed by atoms with Crippen molar-refractivity contribution in [2.75, 3.05) is 13.7 Å². The summed E-state index contributed by atoms with van der Waals surface area (Å²) >= 11 is 5.94. The summed E-state index contributed by atoms with van der Waals surface area (Å²) in [5.74, 6) is 1.34. The van der Waals surface area contributed by atoms with Crippen LogP contribution in [-0.2, 0) is 13.0 Å². The van der Waals surface area contributed by atoms with Gasteiger partial charge in [-0.3, -0.25) is 4.79 Å². The number of amides is 1. The van der Waals surface area contributed by atoms with Gasteiger partial charge < -0.3 is 9.64 Å². The molecule has 0 unspecified atom stereocenters. The SMILES string of the molecule is COc1cccc(C(=O)N2CCc3nc(-c4ccc(Cl)cc4)ncc3C2)c1. The topological polar surface area (TPSA) is 55.3 Å². The normalized spacial score (nSPS) is 13.2. The van der Waals surface area contributed by atoms with Crippen molar-refractivity contribution >= 4 is 17.5 Å². The van der Waals surface area contributed by atoms with Crippen LogP contribution in [0.1, 0.15) is 21.6 Å². The van der Waals surface area contributed by atoms with E-state index in [1.807, 2.05) is 47.5 Å². The molecule has 27 heavy (non-hydrogen) atoms. The van der Waals surface area contributed by atoms with Gasteiger partial charge in [0.15, 0.2) is 5.82 Å². The molecule has 1 aliphatic heterocycles. The predicted molar refractivity (Wildman–Crippen MR) is 104 cm³/mol. The molecule has 4 rings (SSSR count). The van der Waals surface area contributed by atoms with Crippen molar-refractivity contribution in [1.82, 2.24) is 14.9 Å². The van der Waals surface area contributed by atoms with E-state index in [-0.39, 0.29) is 5.91 Å². The summed E-state index contributed by atoms with van der Waals surface area (Å²) in [4.78, 5) is 23.8. The summed E-state index contributed by atoms with van der Waals surface area (Å²) in [5.41, 5.74) is 3.52. The van der Waals surface area contributed by atoms with Crippen LogP contribution in [0.3, 0.4) is 0 Å². The Labute approximate surface area is 162 Å².